The molecule has 0 radical (unpaired) electrons. The Morgan fingerprint density at radius 2 is 2.08 bits per heavy atom. The van der Waals surface area contributed by atoms with Gasteiger partial charge in [-0.15, -0.1) is 0 Å². The van der Waals surface area contributed by atoms with Gasteiger partial charge in [0.05, 0.1) is 11.8 Å². The van der Waals surface area contributed by atoms with Gasteiger partial charge in [0.25, 0.3) is 11.8 Å². The number of benzene rings is 1. The maximum Gasteiger partial charge on any atom is 0.258 e. The lowest BCUT2D eigenvalue weighted by Gasteiger charge is -2.08. The molecule has 2 N–H and O–H groups in total. The van der Waals surface area contributed by atoms with Crippen molar-refractivity contribution in [3.63, 3.8) is 0 Å². The Morgan fingerprint density at radius 3 is 2.79 bits per heavy atom. The van der Waals surface area contributed by atoms with Crippen molar-refractivity contribution < 1.29 is 14.3 Å². The van der Waals surface area contributed by atoms with Crippen LogP contribution in [-0.4, -0.2) is 41.4 Å². The minimum Gasteiger partial charge on any atom is -0.382 e. The average Bonchev–Trinajstić information content (AvgIpc) is 3.01. The average molecular weight is 330 g/mol. The molecular weight excluding hydrogens is 308 g/mol. The van der Waals surface area contributed by atoms with Gasteiger partial charge in [-0.05, 0) is 31.5 Å². The highest BCUT2D eigenvalue weighted by Crippen LogP contribution is 2.12. The van der Waals surface area contributed by atoms with Crippen LogP contribution in [0.15, 0.2) is 36.7 Å². The molecule has 2 rings (SSSR count). The third kappa shape index (κ3) is 5.20. The van der Waals surface area contributed by atoms with E-state index >= 15 is 0 Å². The van der Waals surface area contributed by atoms with Crippen molar-refractivity contribution in [1.29, 1.82) is 0 Å². The van der Waals surface area contributed by atoms with Gasteiger partial charge in [0.1, 0.15) is 0 Å². The quantitative estimate of drug-likeness (QED) is 0.723. The van der Waals surface area contributed by atoms with Gasteiger partial charge in [0.2, 0.25) is 0 Å². The fraction of sp³-hybridized carbons (Fsp3) is 0.353. The highest BCUT2D eigenvalue weighted by Gasteiger charge is 2.10. The van der Waals surface area contributed by atoms with Crippen LogP contribution in [0.2, 0.25) is 0 Å². The summed E-state index contributed by atoms with van der Waals surface area (Å²) in [7, 11) is 1.74. The molecule has 2 aromatic rings. The Labute approximate surface area is 141 Å². The van der Waals surface area contributed by atoms with Crippen molar-refractivity contribution in [3.05, 3.63) is 47.8 Å². The number of ether oxygens (including phenoxy) is 1. The van der Waals surface area contributed by atoms with Gasteiger partial charge in [-0.1, -0.05) is 6.07 Å². The molecule has 128 valence electrons. The summed E-state index contributed by atoms with van der Waals surface area (Å²) < 4.78 is 6.78. The molecule has 0 atom stereocenters. The second-order valence-corrected chi connectivity index (χ2v) is 5.24. The number of hydrogen-bond acceptors (Lipinski definition) is 4. The molecule has 7 nitrogen and oxygen atoms in total. The summed E-state index contributed by atoms with van der Waals surface area (Å²) in [6, 6.07) is 6.82. The van der Waals surface area contributed by atoms with E-state index < -0.39 is 0 Å². The topological polar surface area (TPSA) is 85.2 Å². The molecular formula is C17H22N4O3. The number of aryl methyl sites for hydroxylation is 1. The molecule has 0 spiro atoms. The van der Waals surface area contributed by atoms with Crippen LogP contribution in [0.4, 0.5) is 5.69 Å². The first-order chi connectivity index (χ1) is 11.6. The first-order valence-electron chi connectivity index (χ1n) is 7.86. The van der Waals surface area contributed by atoms with Crippen molar-refractivity contribution in [1.82, 2.24) is 15.1 Å². The number of nitrogens with one attached hydrogen (secondary N) is 2. The second-order valence-electron chi connectivity index (χ2n) is 5.24. The third-order valence-corrected chi connectivity index (χ3v) is 3.30. The van der Waals surface area contributed by atoms with Crippen molar-refractivity contribution >= 4 is 17.5 Å². The summed E-state index contributed by atoms with van der Waals surface area (Å²) in [5.74, 6) is -0.443. The zero-order valence-electron chi connectivity index (χ0n) is 13.9. The molecule has 24 heavy (non-hydrogen) atoms. The van der Waals surface area contributed by atoms with Crippen LogP contribution in [0.1, 0.15) is 34.1 Å². The molecule has 1 aromatic carbocycles. The standard InChI is InChI=1S/C17H22N4O3/c1-3-24-9-5-8-18-16(22)13-6-4-7-15(10-13)20-17(23)14-11-19-21(2)12-14/h4,6-7,10-12H,3,5,8-9H2,1-2H3,(H,18,22)(H,20,23). The molecule has 1 aromatic heterocycles. The van der Waals surface area contributed by atoms with E-state index in [0.29, 0.717) is 36.6 Å². The first kappa shape index (κ1) is 17.7. The third-order valence-electron chi connectivity index (χ3n) is 3.30. The number of hydrogen-bond donors (Lipinski definition) is 2. The Balaban J connectivity index is 1.90. The first-order valence-corrected chi connectivity index (χ1v) is 7.86. The summed E-state index contributed by atoms with van der Waals surface area (Å²) in [4.78, 5) is 24.2. The lowest BCUT2D eigenvalue weighted by Crippen LogP contribution is -2.25. The van der Waals surface area contributed by atoms with Crippen molar-refractivity contribution in [2.24, 2.45) is 7.05 Å². The fourth-order valence-corrected chi connectivity index (χ4v) is 2.10. The molecule has 0 aliphatic heterocycles. The molecule has 0 unspecified atom stereocenters. The Hall–Kier alpha value is -2.67. The highest BCUT2D eigenvalue weighted by molar-refractivity contribution is 6.04. The molecule has 0 fully saturated rings. The molecule has 2 amide bonds. The maximum atomic E-state index is 12.1. The normalized spacial score (nSPS) is 10.4. The van der Waals surface area contributed by atoms with Crippen LogP contribution in [0.3, 0.4) is 0 Å². The maximum absolute atomic E-state index is 12.1. The monoisotopic (exact) mass is 330 g/mol. The fourth-order valence-electron chi connectivity index (χ4n) is 2.10. The molecule has 0 saturated carbocycles. The summed E-state index contributed by atoms with van der Waals surface area (Å²) in [5, 5.41) is 9.55. The minimum atomic E-state index is -0.266. The van der Waals surface area contributed by atoms with Gasteiger partial charge in [-0.3, -0.25) is 14.3 Å². The van der Waals surface area contributed by atoms with Crippen LogP contribution in [0, 0.1) is 0 Å². The Morgan fingerprint density at radius 1 is 1.25 bits per heavy atom. The van der Waals surface area contributed by atoms with E-state index in [0.717, 1.165) is 6.42 Å². The number of anilines is 1. The van der Waals surface area contributed by atoms with Crippen LogP contribution in [0.25, 0.3) is 0 Å². The summed E-state index contributed by atoms with van der Waals surface area (Å²) >= 11 is 0. The van der Waals surface area contributed by atoms with Crippen LogP contribution in [-0.2, 0) is 11.8 Å². The zero-order valence-corrected chi connectivity index (χ0v) is 13.9. The van der Waals surface area contributed by atoms with E-state index in [2.05, 4.69) is 15.7 Å². The zero-order chi connectivity index (χ0) is 17.4. The minimum absolute atomic E-state index is 0.177. The van der Waals surface area contributed by atoms with E-state index in [9.17, 15) is 9.59 Å². The van der Waals surface area contributed by atoms with Gasteiger partial charge < -0.3 is 15.4 Å². The molecule has 7 heteroatoms. The highest BCUT2D eigenvalue weighted by atomic mass is 16.5. The smallest absolute Gasteiger partial charge is 0.258 e. The molecule has 0 aliphatic rings. The van der Waals surface area contributed by atoms with Gasteiger partial charge in [-0.25, -0.2) is 0 Å². The number of amides is 2. The number of carbonyl (C=O) groups is 2. The SMILES string of the molecule is CCOCCCNC(=O)c1cccc(NC(=O)c2cnn(C)c2)c1. The number of nitrogens with zero attached hydrogens (tertiary/aromatic N) is 2. The Bertz CT molecular complexity index is 697. The van der Waals surface area contributed by atoms with Crippen molar-refractivity contribution in [2.45, 2.75) is 13.3 Å². The molecule has 0 aliphatic carbocycles. The molecule has 0 saturated heterocycles. The van der Waals surface area contributed by atoms with Gasteiger partial charge in [-0.2, -0.15) is 5.10 Å². The van der Waals surface area contributed by atoms with E-state index in [1.807, 2.05) is 6.92 Å². The summed E-state index contributed by atoms with van der Waals surface area (Å²) in [5.41, 5.74) is 1.52. The van der Waals surface area contributed by atoms with Crippen LogP contribution < -0.4 is 10.6 Å². The number of rotatable bonds is 8. The van der Waals surface area contributed by atoms with E-state index in [-0.39, 0.29) is 11.8 Å². The van der Waals surface area contributed by atoms with E-state index in [1.165, 1.54) is 6.20 Å². The number of aromatic nitrogens is 2. The van der Waals surface area contributed by atoms with Crippen LogP contribution >= 0.6 is 0 Å². The van der Waals surface area contributed by atoms with Gasteiger partial charge in [0, 0.05) is 44.3 Å². The van der Waals surface area contributed by atoms with Gasteiger partial charge in [0.15, 0.2) is 0 Å². The van der Waals surface area contributed by atoms with Crippen molar-refractivity contribution in [3.8, 4) is 0 Å². The van der Waals surface area contributed by atoms with E-state index in [4.69, 9.17) is 4.74 Å². The Kier molecular flexibility index (Phi) is 6.51. The lowest BCUT2D eigenvalue weighted by molar-refractivity contribution is 0.0943. The molecule has 0 bridgehead atoms. The second kappa shape index (κ2) is 8.83. The predicted molar refractivity (Wildman–Crippen MR) is 91.0 cm³/mol. The largest absolute Gasteiger partial charge is 0.382 e. The summed E-state index contributed by atoms with van der Waals surface area (Å²) in [6.45, 7) is 3.78. The molecule has 1 heterocycles. The van der Waals surface area contributed by atoms with Crippen LogP contribution in [0.5, 0.6) is 0 Å². The predicted octanol–water partition coefficient (Wildman–Crippen LogP) is 1.83. The lowest BCUT2D eigenvalue weighted by atomic mass is 10.2. The number of carbonyl (C=O) groups excluding carboxylic acids is 2. The van der Waals surface area contributed by atoms with Crippen molar-refractivity contribution in [2.75, 3.05) is 25.1 Å². The van der Waals surface area contributed by atoms with E-state index in [1.54, 1.807) is 42.2 Å². The van der Waals surface area contributed by atoms with Gasteiger partial charge >= 0.3 is 0 Å². The summed E-state index contributed by atoms with van der Waals surface area (Å²) in [6.07, 6.45) is 3.88.